The maximum atomic E-state index is 14.0. The molecule has 4 rings (SSSR count). The lowest BCUT2D eigenvalue weighted by Crippen LogP contribution is -2.55. The number of piperidine rings is 1. The molecule has 0 bridgehead atoms. The van der Waals surface area contributed by atoms with Crippen molar-refractivity contribution in [2.24, 2.45) is 0 Å². The number of ether oxygens (including phenoxy) is 3. The monoisotopic (exact) mass is 700 g/mol. The number of rotatable bonds is 17. The molecule has 1 aliphatic heterocycles. The summed E-state index contributed by atoms with van der Waals surface area (Å²) in [5.41, 5.74) is 2.66. The van der Waals surface area contributed by atoms with Crippen molar-refractivity contribution in [3.05, 3.63) is 116 Å². The van der Waals surface area contributed by atoms with Gasteiger partial charge in [0.1, 0.15) is 32.8 Å². The molecule has 3 aromatic rings. The van der Waals surface area contributed by atoms with E-state index in [4.69, 9.17) is 14.2 Å². The molecule has 0 aliphatic carbocycles. The van der Waals surface area contributed by atoms with E-state index in [1.165, 1.54) is 24.3 Å². The molecular weight excluding hydrogens is 658 g/mol. The van der Waals surface area contributed by atoms with Crippen molar-refractivity contribution >= 4 is 23.5 Å². The van der Waals surface area contributed by atoms with Gasteiger partial charge >= 0.3 is 12.1 Å². The number of benzene rings is 3. The molecule has 50 heavy (non-hydrogen) atoms. The standard InChI is InChI=1S/C35H42F2N4O9/c1-40(24-28-6-3-2-4-7-28,25-29-9-13-31(14-10-29)38(44)45)22-23-48-34(43)50-27-49-33(42)8-5-19-41(20-17-35(36,37)18-21-41)26-30-11-15-32(16-12-30)39(46)47/h2-4,6-7,9-16H,5,8,17-27H2,1H3/q+2. The van der Waals surface area contributed by atoms with E-state index in [-0.39, 0.29) is 50.3 Å². The van der Waals surface area contributed by atoms with E-state index in [0.29, 0.717) is 48.1 Å². The second-order valence-electron chi connectivity index (χ2n) is 13.0. The van der Waals surface area contributed by atoms with Gasteiger partial charge in [-0.15, -0.1) is 0 Å². The van der Waals surface area contributed by atoms with Crippen LogP contribution < -0.4 is 0 Å². The fraction of sp³-hybridized carbons (Fsp3) is 0.429. The van der Waals surface area contributed by atoms with Gasteiger partial charge in [0.25, 0.3) is 17.3 Å². The lowest BCUT2D eigenvalue weighted by molar-refractivity contribution is -0.947. The van der Waals surface area contributed by atoms with Gasteiger partial charge in [-0.2, -0.15) is 0 Å². The Morgan fingerprint density at radius 2 is 1.34 bits per heavy atom. The minimum absolute atomic E-state index is 0.00266. The number of likely N-dealkylation sites (N-methyl/N-ethyl adjacent to an activating group) is 1. The summed E-state index contributed by atoms with van der Waals surface area (Å²) in [6.07, 6.45) is -1.27. The Balaban J connectivity index is 1.21. The van der Waals surface area contributed by atoms with E-state index in [9.17, 15) is 38.6 Å². The largest absolute Gasteiger partial charge is 0.511 e. The van der Waals surface area contributed by atoms with Crippen molar-refractivity contribution in [2.75, 3.05) is 46.6 Å². The first-order valence-electron chi connectivity index (χ1n) is 16.3. The molecule has 15 heteroatoms. The first-order chi connectivity index (χ1) is 23.8. The van der Waals surface area contributed by atoms with Crippen LogP contribution in [0.4, 0.5) is 25.0 Å². The number of nitro benzene ring substituents is 2. The first kappa shape index (κ1) is 37.8. The highest BCUT2D eigenvalue weighted by Gasteiger charge is 2.43. The first-order valence-corrected chi connectivity index (χ1v) is 16.3. The predicted octanol–water partition coefficient (Wildman–Crippen LogP) is 6.53. The molecular formula is C35H42F2N4O9+2. The maximum absolute atomic E-state index is 14.0. The number of carbonyl (C=O) groups is 2. The summed E-state index contributed by atoms with van der Waals surface area (Å²) < 4.78 is 44.0. The van der Waals surface area contributed by atoms with Crippen molar-refractivity contribution in [3.8, 4) is 0 Å². The molecule has 1 saturated heterocycles. The summed E-state index contributed by atoms with van der Waals surface area (Å²) >= 11 is 0. The molecule has 268 valence electrons. The van der Waals surface area contributed by atoms with E-state index in [0.717, 1.165) is 16.7 Å². The number of halogens is 2. The van der Waals surface area contributed by atoms with Crippen molar-refractivity contribution < 1.29 is 51.4 Å². The van der Waals surface area contributed by atoms with Crippen molar-refractivity contribution in [2.45, 2.75) is 51.2 Å². The number of hydrogen-bond donors (Lipinski definition) is 0. The van der Waals surface area contributed by atoms with Gasteiger partial charge in [0.15, 0.2) is 0 Å². The summed E-state index contributed by atoms with van der Waals surface area (Å²) in [6.45, 7) is 2.08. The Morgan fingerprint density at radius 3 is 1.90 bits per heavy atom. The molecule has 0 saturated carbocycles. The molecule has 0 radical (unpaired) electrons. The number of quaternary nitrogens is 2. The Hall–Kier alpha value is -5.02. The molecule has 0 amide bonds. The number of carbonyl (C=O) groups excluding carboxylic acids is 2. The Kier molecular flexibility index (Phi) is 12.9. The SMILES string of the molecule is C[N+](CCOC(=O)OCOC(=O)CCC[N+]1(Cc2ccc([N+](=O)[O-])cc2)CCC(F)(F)CC1)(Cc1ccccc1)Cc1ccc([N+](=O)[O-])cc1. The summed E-state index contributed by atoms with van der Waals surface area (Å²) in [7, 11) is 1.98. The van der Waals surface area contributed by atoms with Gasteiger partial charge in [-0.05, 0) is 24.3 Å². The van der Waals surface area contributed by atoms with Crippen LogP contribution in [-0.2, 0) is 38.6 Å². The molecule has 1 aliphatic rings. The van der Waals surface area contributed by atoms with Crippen LogP contribution >= 0.6 is 0 Å². The van der Waals surface area contributed by atoms with E-state index < -0.39 is 34.7 Å². The number of alkyl halides is 2. The highest BCUT2D eigenvalue weighted by atomic mass is 19.3. The van der Waals surface area contributed by atoms with E-state index >= 15 is 0 Å². The number of non-ortho nitro benzene ring substituents is 2. The van der Waals surface area contributed by atoms with Crippen LogP contribution in [0.2, 0.25) is 0 Å². The lowest BCUT2D eigenvalue weighted by atomic mass is 10.0. The second kappa shape index (κ2) is 17.1. The van der Waals surface area contributed by atoms with Crippen molar-refractivity contribution in [1.82, 2.24) is 0 Å². The summed E-state index contributed by atoms with van der Waals surface area (Å²) in [6, 6.07) is 22.1. The average Bonchev–Trinajstić information content (AvgIpc) is 3.07. The zero-order chi connectivity index (χ0) is 36.2. The van der Waals surface area contributed by atoms with Crippen LogP contribution in [-0.4, -0.2) is 83.5 Å². The van der Waals surface area contributed by atoms with Crippen LogP contribution in [0, 0.1) is 20.2 Å². The maximum Gasteiger partial charge on any atom is 0.511 e. The lowest BCUT2D eigenvalue weighted by Gasteiger charge is -2.44. The molecule has 1 atom stereocenters. The molecule has 1 fully saturated rings. The van der Waals surface area contributed by atoms with Crippen LogP contribution in [0.3, 0.4) is 0 Å². The third-order valence-electron chi connectivity index (χ3n) is 8.95. The Morgan fingerprint density at radius 1 is 0.800 bits per heavy atom. The minimum Gasteiger partial charge on any atom is -0.428 e. The number of nitro groups is 2. The number of nitrogens with zero attached hydrogens (tertiary/aromatic N) is 4. The van der Waals surface area contributed by atoms with Crippen LogP contribution in [0.5, 0.6) is 0 Å². The van der Waals surface area contributed by atoms with Crippen molar-refractivity contribution in [3.63, 3.8) is 0 Å². The van der Waals surface area contributed by atoms with Gasteiger partial charge in [-0.25, -0.2) is 13.6 Å². The van der Waals surface area contributed by atoms with Gasteiger partial charge in [0, 0.05) is 47.4 Å². The molecule has 1 heterocycles. The van der Waals surface area contributed by atoms with E-state index in [1.54, 1.807) is 24.3 Å². The van der Waals surface area contributed by atoms with Gasteiger partial charge in [0.2, 0.25) is 6.79 Å². The molecule has 0 N–H and O–H groups in total. The highest BCUT2D eigenvalue weighted by Crippen LogP contribution is 2.34. The topological polar surface area (TPSA) is 148 Å². The minimum atomic E-state index is -2.76. The Labute approximate surface area is 288 Å². The smallest absolute Gasteiger partial charge is 0.428 e. The van der Waals surface area contributed by atoms with Gasteiger partial charge < -0.3 is 23.2 Å². The van der Waals surface area contributed by atoms with Crippen LogP contribution in [0.1, 0.15) is 42.4 Å². The molecule has 0 aromatic heterocycles. The van der Waals surface area contributed by atoms with Crippen molar-refractivity contribution in [1.29, 1.82) is 0 Å². The summed E-state index contributed by atoms with van der Waals surface area (Å²) in [5, 5.41) is 22.0. The summed E-state index contributed by atoms with van der Waals surface area (Å²) in [4.78, 5) is 45.8. The molecule has 1 unspecified atom stereocenters. The molecule has 0 spiro atoms. The number of likely N-dealkylation sites (tertiary alicyclic amines) is 1. The van der Waals surface area contributed by atoms with Crippen LogP contribution in [0.15, 0.2) is 78.9 Å². The van der Waals surface area contributed by atoms with Gasteiger partial charge in [0.05, 0.1) is 55.8 Å². The predicted molar refractivity (Wildman–Crippen MR) is 176 cm³/mol. The quantitative estimate of drug-likeness (QED) is 0.0504. The number of hydrogen-bond acceptors (Lipinski definition) is 9. The van der Waals surface area contributed by atoms with E-state index in [1.807, 2.05) is 37.4 Å². The average molecular weight is 701 g/mol. The van der Waals surface area contributed by atoms with Crippen LogP contribution in [0.25, 0.3) is 0 Å². The van der Waals surface area contributed by atoms with Gasteiger partial charge in [-0.3, -0.25) is 25.0 Å². The highest BCUT2D eigenvalue weighted by molar-refractivity contribution is 5.69. The zero-order valence-electron chi connectivity index (χ0n) is 27.9. The number of esters is 1. The fourth-order valence-electron chi connectivity index (χ4n) is 6.18. The normalized spacial score (nSPS) is 16.1. The van der Waals surface area contributed by atoms with Gasteiger partial charge in [-0.1, -0.05) is 30.3 Å². The zero-order valence-corrected chi connectivity index (χ0v) is 27.9. The summed E-state index contributed by atoms with van der Waals surface area (Å²) in [5.74, 6) is -3.38. The van der Waals surface area contributed by atoms with E-state index in [2.05, 4.69) is 0 Å². The molecule has 13 nitrogen and oxygen atoms in total. The fourth-order valence-corrected chi connectivity index (χ4v) is 6.18. The molecule has 3 aromatic carbocycles. The third-order valence-corrected chi connectivity index (χ3v) is 8.95. The third kappa shape index (κ3) is 11.8. The Bertz CT molecular complexity index is 1600. The second-order valence-corrected chi connectivity index (χ2v) is 13.0.